The molecule has 0 saturated heterocycles. The van der Waals surface area contributed by atoms with Gasteiger partial charge in [0, 0.05) is 12.8 Å². The van der Waals surface area contributed by atoms with Crippen molar-refractivity contribution in [3.63, 3.8) is 0 Å². The summed E-state index contributed by atoms with van der Waals surface area (Å²) in [5.41, 5.74) is 0. The van der Waals surface area contributed by atoms with E-state index in [-0.39, 0.29) is 25.6 Å². The van der Waals surface area contributed by atoms with E-state index in [0.29, 0.717) is 23.9 Å². The molecule has 0 radical (unpaired) electrons. The van der Waals surface area contributed by atoms with Crippen LogP contribution < -0.4 is 0 Å². The Labute approximate surface area is 269 Å². The molecular weight excluding hydrogens is 581 g/mol. The Balaban J connectivity index is 4.48. The van der Waals surface area contributed by atoms with Gasteiger partial charge in [-0.25, -0.2) is 4.57 Å². The molecular formula is C34H67NO8P+. The van der Waals surface area contributed by atoms with Crippen LogP contribution in [0.25, 0.3) is 0 Å². The van der Waals surface area contributed by atoms with Gasteiger partial charge in [-0.1, -0.05) is 109 Å². The van der Waals surface area contributed by atoms with E-state index in [1.54, 1.807) is 0 Å². The minimum atomic E-state index is -4.36. The van der Waals surface area contributed by atoms with Crippen molar-refractivity contribution in [1.82, 2.24) is 0 Å². The molecule has 1 N–H and O–H groups in total. The van der Waals surface area contributed by atoms with Gasteiger partial charge in [0.2, 0.25) is 0 Å². The standard InChI is InChI=1S/C34H66NO8P/c1-6-8-10-12-14-16-17-19-20-22-24-26-33(36)40-30-32(31-42-44(38,39)41-29-28-35(3,4)5)43-34(37)27-25-23-21-18-15-13-11-9-7-2/h9,11,32H,6-8,10,12-31H2,1-5H3/p+1/b11-9-/t32-/m1/s1. The van der Waals surface area contributed by atoms with Crippen molar-refractivity contribution in [2.45, 2.75) is 148 Å². The normalized spacial score (nSPS) is 14.0. The van der Waals surface area contributed by atoms with E-state index in [1.165, 1.54) is 51.4 Å². The molecule has 10 heteroatoms. The van der Waals surface area contributed by atoms with Crippen molar-refractivity contribution in [3.8, 4) is 0 Å². The number of phosphoric acid groups is 1. The Kier molecular flexibility index (Phi) is 27.2. The molecule has 0 aromatic rings. The average molecular weight is 649 g/mol. The predicted octanol–water partition coefficient (Wildman–Crippen LogP) is 8.68. The SMILES string of the molecule is CC/C=C\CCCCCCCC(=O)O[C@H](COC(=O)CCCCCCCCCCCCC)COP(=O)(O)OCC[N+](C)(C)C. The Morgan fingerprint density at radius 1 is 0.705 bits per heavy atom. The van der Waals surface area contributed by atoms with Crippen LogP contribution in [-0.2, 0) is 32.7 Å². The zero-order valence-corrected chi connectivity index (χ0v) is 29.8. The van der Waals surface area contributed by atoms with E-state index in [2.05, 4.69) is 26.0 Å². The highest BCUT2D eigenvalue weighted by Gasteiger charge is 2.27. The first kappa shape index (κ1) is 42.8. The molecule has 0 fully saturated rings. The van der Waals surface area contributed by atoms with Gasteiger partial charge < -0.3 is 18.9 Å². The molecule has 0 saturated carbocycles. The van der Waals surface area contributed by atoms with Crippen LogP contribution in [0.3, 0.4) is 0 Å². The first-order valence-corrected chi connectivity index (χ1v) is 18.9. The van der Waals surface area contributed by atoms with Crippen LogP contribution in [-0.4, -0.2) is 74.9 Å². The fraction of sp³-hybridized carbons (Fsp3) is 0.882. The first-order chi connectivity index (χ1) is 21.0. The summed E-state index contributed by atoms with van der Waals surface area (Å²) in [4.78, 5) is 34.9. The van der Waals surface area contributed by atoms with Crippen molar-refractivity contribution in [1.29, 1.82) is 0 Å². The van der Waals surface area contributed by atoms with Crippen LogP contribution in [0.4, 0.5) is 0 Å². The van der Waals surface area contributed by atoms with Crippen molar-refractivity contribution in [2.75, 3.05) is 47.5 Å². The fourth-order valence-electron chi connectivity index (χ4n) is 4.54. The number of phosphoric ester groups is 1. The maximum absolute atomic E-state index is 12.5. The summed E-state index contributed by atoms with van der Waals surface area (Å²) in [6.07, 6.45) is 24.1. The molecule has 9 nitrogen and oxygen atoms in total. The lowest BCUT2D eigenvalue weighted by Crippen LogP contribution is -2.37. The molecule has 2 atom stereocenters. The monoisotopic (exact) mass is 648 g/mol. The first-order valence-electron chi connectivity index (χ1n) is 17.4. The summed E-state index contributed by atoms with van der Waals surface area (Å²) in [5.74, 6) is -0.813. The average Bonchev–Trinajstić information content (AvgIpc) is 2.95. The third-order valence-corrected chi connectivity index (χ3v) is 8.29. The van der Waals surface area contributed by atoms with E-state index in [1.807, 2.05) is 21.1 Å². The summed E-state index contributed by atoms with van der Waals surface area (Å²) in [6.45, 7) is 4.27. The van der Waals surface area contributed by atoms with Crippen LogP contribution in [0.1, 0.15) is 142 Å². The highest BCUT2D eigenvalue weighted by atomic mass is 31.2. The van der Waals surface area contributed by atoms with Crippen molar-refractivity contribution < 1.29 is 42.1 Å². The van der Waals surface area contributed by atoms with Crippen LogP contribution >= 0.6 is 7.82 Å². The minimum absolute atomic E-state index is 0.0323. The Morgan fingerprint density at radius 2 is 1.23 bits per heavy atom. The highest BCUT2D eigenvalue weighted by molar-refractivity contribution is 7.47. The number of hydrogen-bond acceptors (Lipinski definition) is 7. The van der Waals surface area contributed by atoms with Gasteiger partial charge in [-0.05, 0) is 32.1 Å². The number of nitrogens with zero attached hydrogens (tertiary/aromatic N) is 1. The van der Waals surface area contributed by atoms with Gasteiger partial charge in [0.15, 0.2) is 6.10 Å². The summed E-state index contributed by atoms with van der Waals surface area (Å²) in [7, 11) is 1.47. The second kappa shape index (κ2) is 28.0. The Hall–Kier alpha value is -1.25. The quantitative estimate of drug-likeness (QED) is 0.0262. The number of unbranched alkanes of at least 4 members (excludes halogenated alkanes) is 15. The molecule has 0 heterocycles. The molecule has 0 aliphatic rings. The van der Waals surface area contributed by atoms with Gasteiger partial charge >= 0.3 is 19.8 Å². The van der Waals surface area contributed by atoms with E-state index in [4.69, 9.17) is 18.5 Å². The van der Waals surface area contributed by atoms with Gasteiger partial charge in [0.25, 0.3) is 0 Å². The van der Waals surface area contributed by atoms with Crippen LogP contribution in [0, 0.1) is 0 Å². The highest BCUT2D eigenvalue weighted by Crippen LogP contribution is 2.43. The van der Waals surface area contributed by atoms with Gasteiger partial charge in [-0.3, -0.25) is 18.6 Å². The van der Waals surface area contributed by atoms with Gasteiger partial charge in [-0.15, -0.1) is 0 Å². The number of allylic oxidation sites excluding steroid dienone is 2. The molecule has 44 heavy (non-hydrogen) atoms. The minimum Gasteiger partial charge on any atom is -0.462 e. The summed E-state index contributed by atoms with van der Waals surface area (Å²) in [6, 6.07) is 0. The smallest absolute Gasteiger partial charge is 0.462 e. The fourth-order valence-corrected chi connectivity index (χ4v) is 5.29. The number of quaternary nitrogens is 1. The number of carbonyl (C=O) groups is 2. The van der Waals surface area contributed by atoms with Gasteiger partial charge in [-0.2, -0.15) is 0 Å². The molecule has 1 unspecified atom stereocenters. The zero-order chi connectivity index (χ0) is 32.9. The lowest BCUT2D eigenvalue weighted by Gasteiger charge is -2.24. The largest absolute Gasteiger partial charge is 0.472 e. The van der Waals surface area contributed by atoms with Crippen LogP contribution in [0.5, 0.6) is 0 Å². The Bertz CT molecular complexity index is 784. The molecule has 0 spiro atoms. The number of likely N-dealkylation sites (N-methyl/N-ethyl adjacent to an activating group) is 1. The van der Waals surface area contributed by atoms with Crippen LogP contribution in [0.2, 0.25) is 0 Å². The third kappa shape index (κ3) is 30.8. The van der Waals surface area contributed by atoms with E-state index < -0.39 is 26.5 Å². The van der Waals surface area contributed by atoms with Crippen molar-refractivity contribution in [3.05, 3.63) is 12.2 Å². The number of ether oxygens (including phenoxy) is 2. The van der Waals surface area contributed by atoms with Gasteiger partial charge in [0.05, 0.1) is 27.7 Å². The lowest BCUT2D eigenvalue weighted by atomic mass is 10.1. The number of esters is 2. The zero-order valence-electron chi connectivity index (χ0n) is 28.9. The molecule has 0 aliphatic heterocycles. The molecule has 0 bridgehead atoms. The summed E-state index contributed by atoms with van der Waals surface area (Å²) >= 11 is 0. The molecule has 0 aromatic heterocycles. The molecule has 0 rings (SSSR count). The molecule has 0 aliphatic carbocycles. The summed E-state index contributed by atoms with van der Waals surface area (Å²) in [5, 5.41) is 0. The topological polar surface area (TPSA) is 108 Å². The summed E-state index contributed by atoms with van der Waals surface area (Å²) < 4.78 is 34.0. The number of carbonyl (C=O) groups excluding carboxylic acids is 2. The van der Waals surface area contributed by atoms with Gasteiger partial charge in [0.1, 0.15) is 19.8 Å². The van der Waals surface area contributed by atoms with Crippen molar-refractivity contribution in [2.24, 2.45) is 0 Å². The van der Waals surface area contributed by atoms with E-state index in [9.17, 15) is 19.0 Å². The third-order valence-electron chi connectivity index (χ3n) is 7.31. The van der Waals surface area contributed by atoms with Crippen molar-refractivity contribution >= 4 is 19.8 Å². The molecule has 0 aromatic carbocycles. The Morgan fingerprint density at radius 3 is 1.77 bits per heavy atom. The number of hydrogen-bond donors (Lipinski definition) is 1. The van der Waals surface area contributed by atoms with E-state index in [0.717, 1.165) is 57.8 Å². The second-order valence-corrected chi connectivity index (χ2v) is 14.3. The maximum atomic E-state index is 12.5. The molecule has 0 amide bonds. The maximum Gasteiger partial charge on any atom is 0.472 e. The van der Waals surface area contributed by atoms with Crippen LogP contribution in [0.15, 0.2) is 12.2 Å². The predicted molar refractivity (Wildman–Crippen MR) is 178 cm³/mol. The molecule has 260 valence electrons. The number of rotatable bonds is 31. The van der Waals surface area contributed by atoms with E-state index >= 15 is 0 Å². The lowest BCUT2D eigenvalue weighted by molar-refractivity contribution is -0.870. The second-order valence-electron chi connectivity index (χ2n) is 12.9.